The lowest BCUT2D eigenvalue weighted by molar-refractivity contribution is -0.145. The van der Waals surface area contributed by atoms with Crippen molar-refractivity contribution in [3.05, 3.63) is 11.6 Å². The molecule has 0 bridgehead atoms. The van der Waals surface area contributed by atoms with Gasteiger partial charge in [0.2, 0.25) is 3.79 Å². The summed E-state index contributed by atoms with van der Waals surface area (Å²) in [5.41, 5.74) is 0.159. The van der Waals surface area contributed by atoms with Crippen LogP contribution in [0.15, 0.2) is 11.6 Å². The van der Waals surface area contributed by atoms with Gasteiger partial charge < -0.3 is 24.4 Å². The fourth-order valence-electron chi connectivity index (χ4n) is 2.26. The quantitative estimate of drug-likeness (QED) is 0.282. The summed E-state index contributed by atoms with van der Waals surface area (Å²) in [5.74, 6) is -0.634. The third-order valence-corrected chi connectivity index (χ3v) is 3.67. The van der Waals surface area contributed by atoms with E-state index in [0.717, 1.165) is 5.57 Å². The lowest BCUT2D eigenvalue weighted by Gasteiger charge is -2.25. The molecule has 0 aromatic rings. The standard InChI is InChI=1S/C17H25Cl3N2O6/c1-5-26-13(23)12(21-14(24)27-10-17(18,19)20)8-11-6-7-22(9-11)15(25)28-16(2,3)4/h6,12H,5,7-10H2,1-4H3,(H,21,24). The van der Waals surface area contributed by atoms with E-state index in [9.17, 15) is 14.4 Å². The van der Waals surface area contributed by atoms with Crippen LogP contribution < -0.4 is 5.32 Å². The highest BCUT2D eigenvalue weighted by atomic mass is 35.6. The number of ether oxygens (including phenoxy) is 3. The van der Waals surface area contributed by atoms with Crippen LogP contribution in [0.5, 0.6) is 0 Å². The molecule has 0 saturated carbocycles. The Kier molecular flexibility index (Phi) is 9.17. The van der Waals surface area contributed by atoms with Gasteiger partial charge in [-0.25, -0.2) is 14.4 Å². The van der Waals surface area contributed by atoms with E-state index in [1.807, 2.05) is 0 Å². The Morgan fingerprint density at radius 3 is 2.39 bits per heavy atom. The van der Waals surface area contributed by atoms with Crippen molar-refractivity contribution in [2.45, 2.75) is 49.6 Å². The number of esters is 1. The zero-order chi connectivity index (χ0) is 21.5. The van der Waals surface area contributed by atoms with Crippen LogP contribution in [0, 0.1) is 0 Å². The number of rotatable bonds is 6. The fourth-order valence-corrected chi connectivity index (χ4v) is 2.42. The van der Waals surface area contributed by atoms with Crippen molar-refractivity contribution in [2.75, 3.05) is 26.3 Å². The first-order valence-electron chi connectivity index (χ1n) is 8.63. The average Bonchev–Trinajstić information content (AvgIpc) is 2.99. The molecule has 0 fully saturated rings. The number of amides is 2. The van der Waals surface area contributed by atoms with Crippen LogP contribution in [0.25, 0.3) is 0 Å². The maximum Gasteiger partial charge on any atom is 0.410 e. The molecule has 1 unspecified atom stereocenters. The van der Waals surface area contributed by atoms with Crippen molar-refractivity contribution in [2.24, 2.45) is 0 Å². The number of hydrogen-bond donors (Lipinski definition) is 1. The first-order valence-corrected chi connectivity index (χ1v) is 9.76. The summed E-state index contributed by atoms with van der Waals surface area (Å²) in [6.45, 7) is 7.26. The number of hydrogen-bond acceptors (Lipinski definition) is 6. The molecule has 28 heavy (non-hydrogen) atoms. The molecule has 1 heterocycles. The minimum atomic E-state index is -1.77. The Labute approximate surface area is 179 Å². The smallest absolute Gasteiger partial charge is 0.410 e. The van der Waals surface area contributed by atoms with Crippen LogP contribution in [-0.4, -0.2) is 64.8 Å². The van der Waals surface area contributed by atoms with Gasteiger partial charge in [-0.3, -0.25) is 0 Å². The lowest BCUT2D eigenvalue weighted by Crippen LogP contribution is -2.43. The van der Waals surface area contributed by atoms with Crippen LogP contribution >= 0.6 is 34.8 Å². The van der Waals surface area contributed by atoms with Crippen LogP contribution in [0.1, 0.15) is 34.1 Å². The van der Waals surface area contributed by atoms with Crippen LogP contribution in [-0.2, 0) is 19.0 Å². The van der Waals surface area contributed by atoms with Gasteiger partial charge in [0.15, 0.2) is 0 Å². The summed E-state index contributed by atoms with van der Waals surface area (Å²) in [4.78, 5) is 37.7. The van der Waals surface area contributed by atoms with Gasteiger partial charge in [-0.1, -0.05) is 46.5 Å². The number of alkyl halides is 3. The van der Waals surface area contributed by atoms with Crippen molar-refractivity contribution < 1.29 is 28.6 Å². The van der Waals surface area contributed by atoms with Gasteiger partial charge in [-0.15, -0.1) is 0 Å². The first kappa shape index (κ1) is 24.7. The molecule has 11 heteroatoms. The van der Waals surface area contributed by atoms with Gasteiger partial charge >= 0.3 is 18.2 Å². The van der Waals surface area contributed by atoms with Crippen molar-refractivity contribution in [1.82, 2.24) is 10.2 Å². The Hall–Kier alpha value is -1.38. The highest BCUT2D eigenvalue weighted by Gasteiger charge is 2.30. The third kappa shape index (κ3) is 9.71. The summed E-state index contributed by atoms with van der Waals surface area (Å²) >= 11 is 16.6. The van der Waals surface area contributed by atoms with Gasteiger partial charge in [-0.05, 0) is 27.7 Å². The maximum atomic E-state index is 12.2. The molecule has 1 N–H and O–H groups in total. The van der Waals surface area contributed by atoms with Crippen LogP contribution in [0.2, 0.25) is 0 Å². The normalized spacial score (nSPS) is 15.5. The number of halogens is 3. The van der Waals surface area contributed by atoms with Gasteiger partial charge in [0.05, 0.1) is 6.61 Å². The molecule has 0 aromatic carbocycles. The summed E-state index contributed by atoms with van der Waals surface area (Å²) in [5, 5.41) is 2.40. The maximum absolute atomic E-state index is 12.2. The predicted octanol–water partition coefficient (Wildman–Crippen LogP) is 3.58. The molecule has 0 radical (unpaired) electrons. The number of carbonyl (C=O) groups excluding carboxylic acids is 3. The average molecular weight is 460 g/mol. The monoisotopic (exact) mass is 458 g/mol. The Bertz CT molecular complexity index is 613. The second-order valence-electron chi connectivity index (χ2n) is 7.07. The van der Waals surface area contributed by atoms with E-state index in [1.165, 1.54) is 4.90 Å². The van der Waals surface area contributed by atoms with E-state index in [4.69, 9.17) is 49.0 Å². The highest BCUT2D eigenvalue weighted by molar-refractivity contribution is 6.67. The fraction of sp³-hybridized carbons (Fsp3) is 0.706. The largest absolute Gasteiger partial charge is 0.464 e. The van der Waals surface area contributed by atoms with E-state index in [0.29, 0.717) is 6.54 Å². The number of carbonyl (C=O) groups is 3. The zero-order valence-electron chi connectivity index (χ0n) is 16.2. The van der Waals surface area contributed by atoms with E-state index in [1.54, 1.807) is 33.8 Å². The molecule has 1 aliphatic rings. The number of nitrogens with one attached hydrogen (secondary N) is 1. The third-order valence-electron chi connectivity index (χ3n) is 3.34. The summed E-state index contributed by atoms with van der Waals surface area (Å²) in [7, 11) is 0. The second-order valence-corrected chi connectivity index (χ2v) is 9.58. The van der Waals surface area contributed by atoms with Gasteiger partial charge in [-0.2, -0.15) is 0 Å². The molecule has 160 valence electrons. The van der Waals surface area contributed by atoms with Crippen LogP contribution in [0.3, 0.4) is 0 Å². The predicted molar refractivity (Wildman–Crippen MR) is 106 cm³/mol. The van der Waals surface area contributed by atoms with Crippen molar-refractivity contribution in [3.63, 3.8) is 0 Å². The Balaban J connectivity index is 2.66. The molecule has 0 spiro atoms. The molecule has 0 aromatic heterocycles. The van der Waals surface area contributed by atoms with E-state index in [-0.39, 0.29) is 19.6 Å². The SMILES string of the molecule is CCOC(=O)C(CC1=CCN(C(=O)OC(C)(C)C)C1)NC(=O)OCC(Cl)(Cl)Cl. The Morgan fingerprint density at radius 1 is 1.21 bits per heavy atom. The molecular weight excluding hydrogens is 435 g/mol. The van der Waals surface area contributed by atoms with Gasteiger partial charge in [0.1, 0.15) is 18.2 Å². The van der Waals surface area contributed by atoms with Gasteiger partial charge in [0, 0.05) is 19.5 Å². The molecular formula is C17H25Cl3N2O6. The Morgan fingerprint density at radius 2 is 1.86 bits per heavy atom. The van der Waals surface area contributed by atoms with E-state index >= 15 is 0 Å². The van der Waals surface area contributed by atoms with Crippen molar-refractivity contribution >= 4 is 53.0 Å². The highest BCUT2D eigenvalue weighted by Crippen LogP contribution is 2.26. The van der Waals surface area contributed by atoms with E-state index < -0.39 is 40.2 Å². The number of alkyl carbamates (subject to hydrolysis) is 1. The van der Waals surface area contributed by atoms with Crippen molar-refractivity contribution in [3.8, 4) is 0 Å². The van der Waals surface area contributed by atoms with Crippen LogP contribution in [0.4, 0.5) is 9.59 Å². The molecule has 8 nitrogen and oxygen atoms in total. The molecule has 2 amide bonds. The summed E-state index contributed by atoms with van der Waals surface area (Å²) in [6.07, 6.45) is 0.555. The van der Waals surface area contributed by atoms with Crippen molar-refractivity contribution in [1.29, 1.82) is 0 Å². The topological polar surface area (TPSA) is 94.2 Å². The molecule has 0 aliphatic carbocycles. The van der Waals surface area contributed by atoms with Gasteiger partial charge in [0.25, 0.3) is 0 Å². The molecule has 1 aliphatic heterocycles. The summed E-state index contributed by atoms with van der Waals surface area (Å²) in [6, 6.07) is -1.01. The second kappa shape index (κ2) is 10.4. The first-order chi connectivity index (χ1) is 12.8. The zero-order valence-corrected chi connectivity index (χ0v) is 18.5. The minimum Gasteiger partial charge on any atom is -0.464 e. The number of nitrogens with zero attached hydrogens (tertiary/aromatic N) is 1. The van der Waals surface area contributed by atoms with E-state index in [2.05, 4.69) is 5.32 Å². The molecule has 0 saturated heterocycles. The molecule has 1 atom stereocenters. The molecule has 1 rings (SSSR count). The minimum absolute atomic E-state index is 0.140. The lowest BCUT2D eigenvalue weighted by atomic mass is 10.1. The summed E-state index contributed by atoms with van der Waals surface area (Å²) < 4.78 is 13.3.